The molecule has 0 aliphatic heterocycles. The minimum Gasteiger partial charge on any atom is -0.548 e. The second-order valence-electron chi connectivity index (χ2n) is 1.12. The topological polar surface area (TPSA) is 106 Å². The molecule has 6 heteroatoms. The van der Waals surface area contributed by atoms with Gasteiger partial charge in [0.2, 0.25) is 0 Å². The molecule has 0 heterocycles. The lowest BCUT2D eigenvalue weighted by atomic mass is 10.3. The number of rotatable bonds is 2. The average molecular weight is 154 g/mol. The Balaban J connectivity index is 0. The van der Waals surface area contributed by atoms with Crippen LogP contribution in [0.5, 0.6) is 0 Å². The van der Waals surface area contributed by atoms with Crippen LogP contribution in [0, 0.1) is 0 Å². The number of carboxylic acid groups (broad SMARTS) is 2. The Morgan fingerprint density at radius 2 is 1.44 bits per heavy atom. The van der Waals surface area contributed by atoms with Crippen LogP contribution in [0.2, 0.25) is 0 Å². The number of carbonyl (C=O) groups is 2. The van der Waals surface area contributed by atoms with Gasteiger partial charge in [-0.3, -0.25) is 0 Å². The summed E-state index contributed by atoms with van der Waals surface area (Å²) in [6.07, 6.45) is 0. The molecule has 0 aliphatic carbocycles. The average Bonchev–Trinajstić information content (AvgIpc) is 1.64. The van der Waals surface area contributed by atoms with Gasteiger partial charge in [0.15, 0.2) is 0 Å². The number of hydrogen-bond donors (Lipinski definition) is 1. The molecule has 0 aromatic heterocycles. The lowest BCUT2D eigenvalue weighted by Gasteiger charge is -2.11. The highest BCUT2D eigenvalue weighted by Crippen LogP contribution is 1.67. The van der Waals surface area contributed by atoms with Gasteiger partial charge in [-0.2, -0.15) is 0 Å². The molecular formula is C3H4ClNO4-2. The maximum absolute atomic E-state index is 9.48. The first-order valence-corrected chi connectivity index (χ1v) is 1.73. The molecule has 0 unspecified atom stereocenters. The van der Waals surface area contributed by atoms with E-state index in [1.807, 2.05) is 0 Å². The molecule has 0 bridgehead atoms. The van der Waals surface area contributed by atoms with E-state index in [4.69, 9.17) is 0 Å². The molecule has 0 aromatic rings. The van der Waals surface area contributed by atoms with Gasteiger partial charge in [0.05, 0.1) is 18.0 Å². The minimum absolute atomic E-state index is 0. The van der Waals surface area contributed by atoms with Gasteiger partial charge in [0.25, 0.3) is 0 Å². The van der Waals surface area contributed by atoms with Gasteiger partial charge >= 0.3 is 0 Å². The first-order valence-electron chi connectivity index (χ1n) is 1.73. The molecule has 2 N–H and O–H groups in total. The third-order valence-corrected chi connectivity index (χ3v) is 0.508. The van der Waals surface area contributed by atoms with Crippen molar-refractivity contribution >= 4 is 24.3 Å². The number of hydrogen-bond acceptors (Lipinski definition) is 5. The van der Waals surface area contributed by atoms with Crippen LogP contribution in [0.25, 0.3) is 0 Å². The Morgan fingerprint density at radius 1 is 1.22 bits per heavy atom. The predicted molar refractivity (Wildman–Crippen MR) is 25.2 cm³/mol. The second-order valence-corrected chi connectivity index (χ2v) is 1.12. The van der Waals surface area contributed by atoms with Crippen molar-refractivity contribution in [3.8, 4) is 0 Å². The minimum atomic E-state index is -2.02. The summed E-state index contributed by atoms with van der Waals surface area (Å²) in [6.45, 7) is 0. The number of halogens is 1. The monoisotopic (exact) mass is 153 g/mol. The van der Waals surface area contributed by atoms with Crippen molar-refractivity contribution in [1.82, 2.24) is 0 Å². The van der Waals surface area contributed by atoms with E-state index in [2.05, 4.69) is 5.73 Å². The van der Waals surface area contributed by atoms with Crippen LogP contribution in [-0.2, 0) is 9.59 Å². The molecule has 0 rings (SSSR count). The summed E-state index contributed by atoms with van der Waals surface area (Å²) in [5.74, 6) is -3.69. The van der Waals surface area contributed by atoms with E-state index < -0.39 is 18.0 Å². The number of aliphatic carboxylic acids is 2. The fraction of sp³-hybridized carbons (Fsp3) is 0.333. The Hall–Kier alpha value is -0.810. The van der Waals surface area contributed by atoms with E-state index >= 15 is 0 Å². The van der Waals surface area contributed by atoms with Crippen LogP contribution in [0.15, 0.2) is 0 Å². The standard InChI is InChI=1S/C3H5NO4.ClH/c4-1(2(5)6)3(7)8;/h1H,4H2,(H,5,6)(H,7,8);1H/p-2. The Morgan fingerprint density at radius 3 is 1.44 bits per heavy atom. The first-order chi connectivity index (χ1) is 3.55. The normalized spacial score (nSPS) is 8.22. The molecule has 0 aromatic carbocycles. The molecule has 0 atom stereocenters. The number of nitrogens with two attached hydrogens (primary N) is 1. The maximum atomic E-state index is 9.48. The molecule has 0 fully saturated rings. The highest BCUT2D eigenvalue weighted by molar-refractivity contribution is 5.94. The SMILES string of the molecule is Cl.NC(C(=O)[O-])C(=O)[O-]. The van der Waals surface area contributed by atoms with Gasteiger partial charge < -0.3 is 25.5 Å². The largest absolute Gasteiger partial charge is 0.548 e. The molecule has 5 nitrogen and oxygen atoms in total. The fourth-order valence-corrected chi connectivity index (χ4v) is 0.0962. The zero-order chi connectivity index (χ0) is 6.73. The Labute approximate surface area is 56.9 Å². The number of carbonyl (C=O) groups excluding carboxylic acids is 2. The van der Waals surface area contributed by atoms with Crippen LogP contribution >= 0.6 is 12.4 Å². The van der Waals surface area contributed by atoms with Gasteiger partial charge in [-0.05, 0) is 0 Å². The molecule has 0 radical (unpaired) electrons. The lowest BCUT2D eigenvalue weighted by molar-refractivity contribution is -0.325. The van der Waals surface area contributed by atoms with Gasteiger partial charge in [0.1, 0.15) is 0 Å². The summed E-state index contributed by atoms with van der Waals surface area (Å²) < 4.78 is 0. The van der Waals surface area contributed by atoms with Gasteiger partial charge in [-0.25, -0.2) is 0 Å². The van der Waals surface area contributed by atoms with Crippen LogP contribution in [-0.4, -0.2) is 18.0 Å². The molecule has 54 valence electrons. The van der Waals surface area contributed by atoms with Crippen LogP contribution < -0.4 is 15.9 Å². The molecule has 0 saturated heterocycles. The van der Waals surface area contributed by atoms with E-state index in [1.54, 1.807) is 0 Å². The summed E-state index contributed by atoms with van der Waals surface area (Å²) in [4.78, 5) is 19.0. The third kappa shape index (κ3) is 3.75. The smallest absolute Gasteiger partial charge is 0.0845 e. The third-order valence-electron chi connectivity index (χ3n) is 0.508. The van der Waals surface area contributed by atoms with Crippen molar-refractivity contribution < 1.29 is 19.8 Å². The highest BCUT2D eigenvalue weighted by atomic mass is 35.5. The molecule has 0 aliphatic rings. The zero-order valence-electron chi connectivity index (χ0n) is 4.20. The predicted octanol–water partition coefficient (Wildman–Crippen LogP) is -3.76. The van der Waals surface area contributed by atoms with Crippen molar-refractivity contribution in [2.24, 2.45) is 5.73 Å². The van der Waals surface area contributed by atoms with Gasteiger partial charge in [-0.15, -0.1) is 12.4 Å². The van der Waals surface area contributed by atoms with Gasteiger partial charge in [-0.1, -0.05) is 0 Å². The molecule has 9 heavy (non-hydrogen) atoms. The molecule has 0 amide bonds. The fourth-order valence-electron chi connectivity index (χ4n) is 0.0962. The van der Waals surface area contributed by atoms with E-state index in [1.165, 1.54) is 0 Å². The summed E-state index contributed by atoms with van der Waals surface area (Å²) >= 11 is 0. The first kappa shape index (κ1) is 11.0. The van der Waals surface area contributed by atoms with Crippen molar-refractivity contribution in [2.75, 3.05) is 0 Å². The van der Waals surface area contributed by atoms with Crippen molar-refractivity contribution in [3.05, 3.63) is 0 Å². The Kier molecular flexibility index (Phi) is 5.04. The van der Waals surface area contributed by atoms with E-state index in [9.17, 15) is 19.8 Å². The summed E-state index contributed by atoms with van der Waals surface area (Å²) in [5.41, 5.74) is 4.44. The van der Waals surface area contributed by atoms with Crippen molar-refractivity contribution in [1.29, 1.82) is 0 Å². The van der Waals surface area contributed by atoms with E-state index in [0.29, 0.717) is 0 Å². The van der Waals surface area contributed by atoms with Crippen molar-refractivity contribution in [2.45, 2.75) is 6.04 Å². The maximum Gasteiger partial charge on any atom is 0.0845 e. The van der Waals surface area contributed by atoms with Crippen LogP contribution in [0.4, 0.5) is 0 Å². The van der Waals surface area contributed by atoms with Gasteiger partial charge in [0, 0.05) is 0 Å². The highest BCUT2D eigenvalue weighted by Gasteiger charge is 2.00. The molecule has 0 saturated carbocycles. The summed E-state index contributed by atoms with van der Waals surface area (Å²) in [7, 11) is 0. The lowest BCUT2D eigenvalue weighted by Crippen LogP contribution is -2.53. The van der Waals surface area contributed by atoms with Crippen LogP contribution in [0.1, 0.15) is 0 Å². The quantitative estimate of drug-likeness (QED) is 0.410. The second kappa shape index (κ2) is 4.11. The summed E-state index contributed by atoms with van der Waals surface area (Å²) in [6, 6.07) is -2.02. The zero-order valence-corrected chi connectivity index (χ0v) is 5.01. The van der Waals surface area contributed by atoms with Crippen molar-refractivity contribution in [3.63, 3.8) is 0 Å². The molecule has 0 spiro atoms. The summed E-state index contributed by atoms with van der Waals surface area (Å²) in [5, 5.41) is 19.0. The molecular weight excluding hydrogens is 149 g/mol. The number of carboxylic acids is 2. The Bertz CT molecular complexity index is 111. The van der Waals surface area contributed by atoms with Crippen LogP contribution in [0.3, 0.4) is 0 Å². The van der Waals surface area contributed by atoms with E-state index in [0.717, 1.165) is 0 Å². The van der Waals surface area contributed by atoms with E-state index in [-0.39, 0.29) is 12.4 Å².